The number of fused-ring (bicyclic) bond motifs is 1. The minimum absolute atomic E-state index is 0.125. The second kappa shape index (κ2) is 5.02. The summed E-state index contributed by atoms with van der Waals surface area (Å²) in [6.45, 7) is 0. The maximum atomic E-state index is 12.5. The van der Waals surface area contributed by atoms with Crippen molar-refractivity contribution in [1.82, 2.24) is 4.98 Å². The van der Waals surface area contributed by atoms with E-state index in [2.05, 4.69) is 10.3 Å². The predicted octanol–water partition coefficient (Wildman–Crippen LogP) is 2.58. The van der Waals surface area contributed by atoms with Crippen LogP contribution in [0.25, 0.3) is 0 Å². The lowest BCUT2D eigenvalue weighted by Crippen LogP contribution is -2.30. The van der Waals surface area contributed by atoms with Gasteiger partial charge in [-0.05, 0) is 23.8 Å². The first-order valence-electron chi connectivity index (χ1n) is 6.26. The van der Waals surface area contributed by atoms with Crippen LogP contribution in [-0.4, -0.2) is 22.9 Å². The van der Waals surface area contributed by atoms with Gasteiger partial charge in [0.2, 0.25) is 5.91 Å². The van der Waals surface area contributed by atoms with E-state index < -0.39 is 5.92 Å². The van der Waals surface area contributed by atoms with Crippen molar-refractivity contribution in [3.8, 4) is 0 Å². The van der Waals surface area contributed by atoms with E-state index in [0.717, 1.165) is 11.3 Å². The third kappa shape index (κ3) is 2.06. The number of benzene rings is 1. The number of rotatable bonds is 2. The second-order valence-electron chi connectivity index (χ2n) is 4.62. The van der Waals surface area contributed by atoms with Crippen LogP contribution < -0.4 is 10.2 Å². The van der Waals surface area contributed by atoms with Gasteiger partial charge < -0.3 is 10.2 Å². The van der Waals surface area contributed by atoms with Crippen molar-refractivity contribution in [2.45, 2.75) is 5.92 Å². The SMILES string of the molecule is CN1C(=S)C(C(=O)Nc2cccnc2)c2ccccc21. The van der Waals surface area contributed by atoms with E-state index in [1.165, 1.54) is 0 Å². The molecule has 5 heteroatoms. The summed E-state index contributed by atoms with van der Waals surface area (Å²) in [5.41, 5.74) is 2.61. The summed E-state index contributed by atoms with van der Waals surface area (Å²) in [5.74, 6) is -0.550. The van der Waals surface area contributed by atoms with E-state index in [-0.39, 0.29) is 5.91 Å². The van der Waals surface area contributed by atoms with Gasteiger partial charge in [-0.2, -0.15) is 0 Å². The Labute approximate surface area is 122 Å². The van der Waals surface area contributed by atoms with Gasteiger partial charge in [0.15, 0.2) is 0 Å². The summed E-state index contributed by atoms with van der Waals surface area (Å²) in [5, 5.41) is 2.86. The number of hydrogen-bond donors (Lipinski definition) is 1. The number of likely N-dealkylation sites (N-methyl/N-ethyl adjacent to an activating group) is 1. The Bertz CT molecular complexity index is 672. The normalized spacial score (nSPS) is 16.9. The number of nitrogens with one attached hydrogen (secondary N) is 1. The molecule has 0 radical (unpaired) electrons. The summed E-state index contributed by atoms with van der Waals surface area (Å²) in [4.78, 5) is 19.0. The summed E-state index contributed by atoms with van der Waals surface area (Å²) < 4.78 is 0. The Morgan fingerprint density at radius 3 is 2.85 bits per heavy atom. The summed E-state index contributed by atoms with van der Waals surface area (Å²) in [6.07, 6.45) is 3.28. The number of carbonyl (C=O) groups is 1. The van der Waals surface area contributed by atoms with Crippen LogP contribution >= 0.6 is 12.2 Å². The average Bonchev–Trinajstić information content (AvgIpc) is 2.72. The fourth-order valence-corrected chi connectivity index (χ4v) is 2.72. The minimum Gasteiger partial charge on any atom is -0.338 e. The number of amides is 1. The molecule has 20 heavy (non-hydrogen) atoms. The van der Waals surface area contributed by atoms with Gasteiger partial charge in [-0.1, -0.05) is 30.4 Å². The molecule has 1 atom stereocenters. The lowest BCUT2D eigenvalue weighted by Gasteiger charge is -2.14. The van der Waals surface area contributed by atoms with Crippen LogP contribution in [0.15, 0.2) is 48.8 Å². The number of para-hydroxylation sites is 1. The fraction of sp³-hybridized carbons (Fsp3) is 0.133. The molecule has 4 nitrogen and oxygen atoms in total. The molecule has 2 heterocycles. The van der Waals surface area contributed by atoms with E-state index >= 15 is 0 Å². The van der Waals surface area contributed by atoms with Crippen LogP contribution in [-0.2, 0) is 4.79 Å². The third-order valence-corrected chi connectivity index (χ3v) is 3.89. The van der Waals surface area contributed by atoms with Crippen LogP contribution in [0.2, 0.25) is 0 Å². The zero-order valence-corrected chi connectivity index (χ0v) is 11.7. The van der Waals surface area contributed by atoms with Crippen molar-refractivity contribution in [3.05, 3.63) is 54.4 Å². The second-order valence-corrected chi connectivity index (χ2v) is 5.04. The molecule has 1 aliphatic heterocycles. The molecular weight excluding hydrogens is 270 g/mol. The first kappa shape index (κ1) is 12.7. The number of carbonyl (C=O) groups excluding carboxylic acids is 1. The number of aromatic nitrogens is 1. The molecule has 1 amide bonds. The quantitative estimate of drug-likeness (QED) is 0.860. The van der Waals surface area contributed by atoms with Gasteiger partial charge in [0.25, 0.3) is 0 Å². The minimum atomic E-state index is -0.425. The van der Waals surface area contributed by atoms with Gasteiger partial charge in [-0.15, -0.1) is 0 Å². The van der Waals surface area contributed by atoms with Gasteiger partial charge in [-0.3, -0.25) is 9.78 Å². The van der Waals surface area contributed by atoms with Crippen molar-refractivity contribution < 1.29 is 4.79 Å². The lowest BCUT2D eigenvalue weighted by atomic mass is 10.0. The van der Waals surface area contributed by atoms with E-state index in [9.17, 15) is 4.79 Å². The van der Waals surface area contributed by atoms with Crippen LogP contribution in [0.3, 0.4) is 0 Å². The maximum absolute atomic E-state index is 12.5. The highest BCUT2D eigenvalue weighted by atomic mass is 32.1. The lowest BCUT2D eigenvalue weighted by molar-refractivity contribution is -0.116. The summed E-state index contributed by atoms with van der Waals surface area (Å²) >= 11 is 5.41. The van der Waals surface area contributed by atoms with Crippen LogP contribution in [0.1, 0.15) is 11.5 Å². The monoisotopic (exact) mass is 283 g/mol. The Kier molecular flexibility index (Phi) is 3.20. The number of pyridine rings is 1. The highest BCUT2D eigenvalue weighted by Gasteiger charge is 2.36. The molecule has 0 spiro atoms. The predicted molar refractivity (Wildman–Crippen MR) is 83.1 cm³/mol. The Hall–Kier alpha value is -2.27. The van der Waals surface area contributed by atoms with Gasteiger partial charge in [0.05, 0.1) is 16.9 Å². The summed E-state index contributed by atoms with van der Waals surface area (Å²) in [6, 6.07) is 11.4. The zero-order valence-electron chi connectivity index (χ0n) is 10.9. The maximum Gasteiger partial charge on any atom is 0.238 e. The van der Waals surface area contributed by atoms with Crippen LogP contribution in [0.5, 0.6) is 0 Å². The van der Waals surface area contributed by atoms with E-state index in [1.54, 1.807) is 24.5 Å². The van der Waals surface area contributed by atoms with Gasteiger partial charge in [0.1, 0.15) is 5.92 Å². The van der Waals surface area contributed by atoms with Gasteiger partial charge in [-0.25, -0.2) is 0 Å². The Balaban J connectivity index is 1.91. The molecule has 100 valence electrons. The molecule has 1 aromatic heterocycles. The summed E-state index contributed by atoms with van der Waals surface area (Å²) in [7, 11) is 1.89. The molecule has 0 bridgehead atoms. The van der Waals surface area contributed by atoms with Crippen molar-refractivity contribution in [2.75, 3.05) is 17.3 Å². The molecule has 1 N–H and O–H groups in total. The number of anilines is 2. The van der Waals surface area contributed by atoms with Crippen molar-refractivity contribution in [1.29, 1.82) is 0 Å². The van der Waals surface area contributed by atoms with Crippen LogP contribution in [0.4, 0.5) is 11.4 Å². The Morgan fingerprint density at radius 2 is 2.10 bits per heavy atom. The highest BCUT2D eigenvalue weighted by Crippen LogP contribution is 2.37. The standard InChI is InChI=1S/C15H13N3OS/c1-18-12-7-3-2-6-11(12)13(15(18)20)14(19)17-10-5-4-8-16-9-10/h2-9,13H,1H3,(H,17,19). The first-order chi connectivity index (χ1) is 9.68. The molecule has 1 aromatic carbocycles. The molecule has 3 rings (SSSR count). The van der Waals surface area contributed by atoms with Gasteiger partial charge >= 0.3 is 0 Å². The first-order valence-corrected chi connectivity index (χ1v) is 6.66. The highest BCUT2D eigenvalue weighted by molar-refractivity contribution is 7.80. The molecule has 1 aliphatic rings. The van der Waals surface area contributed by atoms with E-state index in [4.69, 9.17) is 12.2 Å². The topological polar surface area (TPSA) is 45.2 Å². The smallest absolute Gasteiger partial charge is 0.238 e. The van der Waals surface area contributed by atoms with Crippen molar-refractivity contribution in [3.63, 3.8) is 0 Å². The largest absolute Gasteiger partial charge is 0.338 e. The van der Waals surface area contributed by atoms with Gasteiger partial charge in [0, 0.05) is 18.9 Å². The zero-order chi connectivity index (χ0) is 14.1. The van der Waals surface area contributed by atoms with Crippen LogP contribution in [0, 0.1) is 0 Å². The number of thiocarbonyl (C=S) groups is 1. The van der Waals surface area contributed by atoms with Crippen molar-refractivity contribution in [2.24, 2.45) is 0 Å². The molecule has 0 saturated carbocycles. The number of nitrogens with zero attached hydrogens (tertiary/aromatic N) is 2. The molecule has 2 aromatic rings. The fourth-order valence-electron chi connectivity index (χ4n) is 2.39. The Morgan fingerprint density at radius 1 is 1.30 bits per heavy atom. The van der Waals surface area contributed by atoms with E-state index in [1.807, 2.05) is 36.2 Å². The third-order valence-electron chi connectivity index (χ3n) is 3.38. The molecule has 0 saturated heterocycles. The number of hydrogen-bond acceptors (Lipinski definition) is 3. The van der Waals surface area contributed by atoms with E-state index in [0.29, 0.717) is 10.7 Å². The molecule has 0 aliphatic carbocycles. The molecular formula is C15H13N3OS. The molecule has 0 fully saturated rings. The van der Waals surface area contributed by atoms with Crippen molar-refractivity contribution >= 4 is 34.5 Å². The molecule has 1 unspecified atom stereocenters. The average molecular weight is 283 g/mol.